The van der Waals surface area contributed by atoms with Gasteiger partial charge in [0.05, 0.1) is 27.7 Å². The van der Waals surface area contributed by atoms with Gasteiger partial charge in [-0.1, -0.05) is 151 Å². The van der Waals surface area contributed by atoms with Crippen molar-refractivity contribution in [3.05, 3.63) is 0 Å². The third kappa shape index (κ3) is 15.8. The lowest BCUT2D eigenvalue weighted by Gasteiger charge is -2.28. The van der Waals surface area contributed by atoms with E-state index in [4.69, 9.17) is 9.47 Å². The standard InChI is InChI=1S/C24H54O2S2Si2/c1-7-11-15-19-29(20-16-12-8-2)23(25-5)27-28-24(26-6)30(21-17-13-9-3)22-18-14-10-4/h23-24,29-30H,7-22H2,1-6H3. The Bertz CT molecular complexity index is 299. The topological polar surface area (TPSA) is 18.5 Å². The van der Waals surface area contributed by atoms with Crippen molar-refractivity contribution in [1.29, 1.82) is 0 Å². The van der Waals surface area contributed by atoms with Gasteiger partial charge in [-0.25, -0.2) is 0 Å². The number of hydrogen-bond acceptors (Lipinski definition) is 4. The van der Waals surface area contributed by atoms with E-state index >= 15 is 0 Å². The van der Waals surface area contributed by atoms with Crippen LogP contribution in [0.2, 0.25) is 24.2 Å². The molecule has 0 aromatic carbocycles. The minimum absolute atomic E-state index is 0.447. The Kier molecular flexibility index (Phi) is 24.0. The molecule has 0 bridgehead atoms. The lowest BCUT2D eigenvalue weighted by atomic mass is 10.3. The van der Waals surface area contributed by atoms with Gasteiger partial charge in [-0.05, 0) is 0 Å². The molecule has 30 heavy (non-hydrogen) atoms. The Morgan fingerprint density at radius 2 is 0.767 bits per heavy atom. The van der Waals surface area contributed by atoms with Gasteiger partial charge in [-0.2, -0.15) is 0 Å². The summed E-state index contributed by atoms with van der Waals surface area (Å²) in [5.41, 5.74) is 0. The third-order valence-corrected chi connectivity index (χ3v) is 19.5. The van der Waals surface area contributed by atoms with Gasteiger partial charge in [0, 0.05) is 14.2 Å². The average Bonchev–Trinajstić information content (AvgIpc) is 2.76. The van der Waals surface area contributed by atoms with E-state index in [1.807, 2.05) is 14.2 Å². The van der Waals surface area contributed by atoms with Crippen LogP contribution < -0.4 is 0 Å². The highest BCUT2D eigenvalue weighted by atomic mass is 33.1. The molecule has 0 rings (SSSR count). The minimum Gasteiger partial charge on any atom is -0.374 e. The Labute approximate surface area is 201 Å². The number of hydrogen-bond donors (Lipinski definition) is 0. The molecular weight excluding hydrogens is 441 g/mol. The van der Waals surface area contributed by atoms with Crippen LogP contribution in [0.25, 0.3) is 0 Å². The Morgan fingerprint density at radius 1 is 0.500 bits per heavy atom. The van der Waals surface area contributed by atoms with Gasteiger partial charge in [0.2, 0.25) is 0 Å². The van der Waals surface area contributed by atoms with E-state index in [1.54, 1.807) is 0 Å². The van der Waals surface area contributed by atoms with Crippen LogP contribution in [0.3, 0.4) is 0 Å². The lowest BCUT2D eigenvalue weighted by molar-refractivity contribution is 0.221. The molecule has 0 aromatic rings. The fourth-order valence-electron chi connectivity index (χ4n) is 4.19. The normalized spacial score (nSPS) is 14.0. The van der Waals surface area contributed by atoms with Crippen LogP contribution in [0.4, 0.5) is 0 Å². The van der Waals surface area contributed by atoms with Gasteiger partial charge in [0.1, 0.15) is 0 Å². The highest BCUT2D eigenvalue weighted by molar-refractivity contribution is 8.77. The molecule has 0 heterocycles. The molecule has 0 spiro atoms. The summed E-state index contributed by atoms with van der Waals surface area (Å²) in [7, 11) is 6.24. The number of unbranched alkanes of at least 4 members (excludes halogenated alkanes) is 8. The number of rotatable bonds is 23. The van der Waals surface area contributed by atoms with Crippen LogP contribution in [0.1, 0.15) is 105 Å². The summed E-state index contributed by atoms with van der Waals surface area (Å²) in [5, 5.41) is 0.893. The van der Waals surface area contributed by atoms with Crippen LogP contribution in [-0.4, -0.2) is 41.9 Å². The SMILES string of the molecule is CCCCC[SiH](CCCCC)C(OC)SSC(OC)[SiH](CCCCC)CCCCC. The molecule has 182 valence electrons. The Balaban J connectivity index is 4.86. The molecule has 0 saturated heterocycles. The zero-order valence-corrected chi connectivity index (χ0v) is 25.2. The summed E-state index contributed by atoms with van der Waals surface area (Å²) in [6.07, 6.45) is 16.5. The molecule has 0 radical (unpaired) electrons. The van der Waals surface area contributed by atoms with E-state index in [9.17, 15) is 0 Å². The van der Waals surface area contributed by atoms with Crippen molar-refractivity contribution < 1.29 is 9.47 Å². The first kappa shape index (κ1) is 31.1. The zero-order chi connectivity index (χ0) is 22.5. The van der Waals surface area contributed by atoms with Crippen LogP contribution >= 0.6 is 21.6 Å². The number of ether oxygens (including phenoxy) is 2. The summed E-state index contributed by atoms with van der Waals surface area (Å²) >= 11 is 0. The minimum atomic E-state index is -0.888. The summed E-state index contributed by atoms with van der Waals surface area (Å²) in [6.45, 7) is 9.27. The largest absolute Gasteiger partial charge is 0.374 e. The van der Waals surface area contributed by atoms with Crippen LogP contribution in [0, 0.1) is 0 Å². The third-order valence-electron chi connectivity index (χ3n) is 6.19. The smallest absolute Gasteiger partial charge is 0.0976 e. The molecule has 2 unspecified atom stereocenters. The maximum atomic E-state index is 6.11. The molecule has 0 aliphatic rings. The van der Waals surface area contributed by atoms with Gasteiger partial charge < -0.3 is 9.47 Å². The summed E-state index contributed by atoms with van der Waals surface area (Å²) in [5.74, 6) is 0. The fraction of sp³-hybridized carbons (Fsp3) is 1.00. The molecule has 0 aromatic heterocycles. The Hall–Kier alpha value is 1.05. The highest BCUT2D eigenvalue weighted by Gasteiger charge is 2.28. The second kappa shape index (κ2) is 23.2. The quantitative estimate of drug-likeness (QED) is 0.0612. The van der Waals surface area contributed by atoms with Crippen LogP contribution in [0.15, 0.2) is 0 Å². The number of methoxy groups -OCH3 is 2. The molecule has 0 fully saturated rings. The molecule has 0 N–H and O–H groups in total. The van der Waals surface area contributed by atoms with Crippen molar-refractivity contribution >= 4 is 39.2 Å². The van der Waals surface area contributed by atoms with Crippen LogP contribution in [0.5, 0.6) is 0 Å². The van der Waals surface area contributed by atoms with Crippen molar-refractivity contribution in [3.63, 3.8) is 0 Å². The first-order valence-electron chi connectivity index (χ1n) is 13.1. The van der Waals surface area contributed by atoms with E-state index in [1.165, 1.54) is 101 Å². The van der Waals surface area contributed by atoms with Gasteiger partial charge >= 0.3 is 0 Å². The summed E-state index contributed by atoms with van der Waals surface area (Å²) in [4.78, 5) is 0. The molecule has 0 aliphatic carbocycles. The average molecular weight is 495 g/mol. The van der Waals surface area contributed by atoms with Gasteiger partial charge in [0.15, 0.2) is 0 Å². The van der Waals surface area contributed by atoms with E-state index in [-0.39, 0.29) is 0 Å². The van der Waals surface area contributed by atoms with Gasteiger partial charge in [-0.15, -0.1) is 0 Å². The van der Waals surface area contributed by atoms with E-state index < -0.39 is 17.6 Å². The zero-order valence-electron chi connectivity index (χ0n) is 21.3. The lowest BCUT2D eigenvalue weighted by Crippen LogP contribution is -2.32. The molecule has 0 saturated carbocycles. The summed E-state index contributed by atoms with van der Waals surface area (Å²) in [6, 6.07) is 5.81. The predicted octanol–water partition coefficient (Wildman–Crippen LogP) is 8.61. The van der Waals surface area contributed by atoms with Crippen molar-refractivity contribution in [2.45, 2.75) is 139 Å². The van der Waals surface area contributed by atoms with Crippen molar-refractivity contribution in [2.24, 2.45) is 0 Å². The molecule has 0 amide bonds. The fourth-order valence-corrected chi connectivity index (χ4v) is 18.3. The Morgan fingerprint density at radius 3 is 0.967 bits per heavy atom. The van der Waals surface area contributed by atoms with Crippen LogP contribution in [-0.2, 0) is 9.47 Å². The molecular formula is C24H54O2S2Si2. The predicted molar refractivity (Wildman–Crippen MR) is 148 cm³/mol. The van der Waals surface area contributed by atoms with Gasteiger partial charge in [-0.3, -0.25) is 0 Å². The molecule has 0 aliphatic heterocycles. The maximum Gasteiger partial charge on any atom is 0.0976 e. The van der Waals surface area contributed by atoms with E-state index in [2.05, 4.69) is 49.3 Å². The van der Waals surface area contributed by atoms with Crippen molar-refractivity contribution in [2.75, 3.05) is 14.2 Å². The molecule has 2 atom stereocenters. The maximum absolute atomic E-state index is 6.11. The monoisotopic (exact) mass is 494 g/mol. The van der Waals surface area contributed by atoms with E-state index in [0.717, 1.165) is 0 Å². The second-order valence-electron chi connectivity index (χ2n) is 8.90. The first-order valence-corrected chi connectivity index (χ1v) is 19.9. The first-order chi connectivity index (χ1) is 14.7. The van der Waals surface area contributed by atoms with Crippen molar-refractivity contribution in [1.82, 2.24) is 0 Å². The van der Waals surface area contributed by atoms with Gasteiger partial charge in [0.25, 0.3) is 0 Å². The highest BCUT2D eigenvalue weighted by Crippen LogP contribution is 2.38. The molecule has 6 heteroatoms. The van der Waals surface area contributed by atoms with Crippen molar-refractivity contribution in [3.8, 4) is 0 Å². The second-order valence-corrected chi connectivity index (χ2v) is 18.9. The molecule has 2 nitrogen and oxygen atoms in total. The summed E-state index contributed by atoms with van der Waals surface area (Å²) < 4.78 is 12.2. The van der Waals surface area contributed by atoms with E-state index in [0.29, 0.717) is 10.1 Å².